The van der Waals surface area contributed by atoms with Crippen LogP contribution in [0.5, 0.6) is 0 Å². The van der Waals surface area contributed by atoms with E-state index < -0.39 is 23.4 Å². The molecule has 4 amide bonds. The van der Waals surface area contributed by atoms with Crippen molar-refractivity contribution < 1.29 is 14.4 Å². The number of nitrogens with two attached hydrogens (primary N) is 1. The zero-order valence-corrected chi connectivity index (χ0v) is 22.6. The van der Waals surface area contributed by atoms with E-state index in [1.807, 2.05) is 0 Å². The molecule has 1 aliphatic carbocycles. The molecule has 2 heterocycles. The lowest BCUT2D eigenvalue weighted by Crippen LogP contribution is -2.54. The second-order valence-electron chi connectivity index (χ2n) is 10.5. The molecule has 2 aliphatic heterocycles. The predicted octanol–water partition coefficient (Wildman–Crippen LogP) is 4.39. The Morgan fingerprint density at radius 2 is 1.71 bits per heavy atom. The number of hydrogen-bond donors (Lipinski definition) is 1. The number of nitrogens with zero attached hydrogens (tertiary/aromatic N) is 4. The van der Waals surface area contributed by atoms with Crippen LogP contribution in [0.3, 0.4) is 0 Å². The van der Waals surface area contributed by atoms with Gasteiger partial charge in [-0.15, -0.1) is 0 Å². The molecule has 0 bridgehead atoms. The highest BCUT2D eigenvalue weighted by atomic mass is 35.5. The van der Waals surface area contributed by atoms with Crippen LogP contribution in [0.25, 0.3) is 0 Å². The van der Waals surface area contributed by atoms with Crippen molar-refractivity contribution in [2.24, 2.45) is 17.6 Å². The van der Waals surface area contributed by atoms with Gasteiger partial charge < -0.3 is 15.5 Å². The van der Waals surface area contributed by atoms with Gasteiger partial charge in [-0.25, -0.2) is 9.69 Å². The minimum Gasteiger partial charge on any atom is -0.339 e. The highest BCUT2D eigenvalue weighted by molar-refractivity contribution is 6.35. The van der Waals surface area contributed by atoms with Crippen molar-refractivity contribution in [1.29, 1.82) is 5.26 Å². The lowest BCUT2D eigenvalue weighted by molar-refractivity contribution is -0.136. The van der Waals surface area contributed by atoms with Crippen LogP contribution in [-0.2, 0) is 9.59 Å². The summed E-state index contributed by atoms with van der Waals surface area (Å²) in [5, 5.41) is 9.88. The molecule has 1 spiro atoms. The molecule has 0 radical (unpaired) electrons. The van der Waals surface area contributed by atoms with Gasteiger partial charge in [0.1, 0.15) is 5.54 Å². The van der Waals surface area contributed by atoms with Crippen LogP contribution in [0.1, 0.15) is 42.7 Å². The average molecular weight is 554 g/mol. The minimum atomic E-state index is -1.32. The molecule has 38 heavy (non-hydrogen) atoms. The van der Waals surface area contributed by atoms with Crippen molar-refractivity contribution in [3.05, 3.63) is 63.6 Å². The smallest absolute Gasteiger partial charge is 0.332 e. The number of likely N-dealkylation sites (tertiary alicyclic amines) is 1. The summed E-state index contributed by atoms with van der Waals surface area (Å²) < 4.78 is 0. The Balaban J connectivity index is 1.53. The fourth-order valence-corrected chi connectivity index (χ4v) is 6.79. The number of nitriles is 1. The number of carbonyl (C=O) groups is 3. The standard InChI is InChI=1S/C28H29Cl2N5O3/c1-33-27(38)35(23-11-21(29)10-22(30)12-23)26(37)28(33)16-34(25(36)20-8-4-18(14-32)5-9-20)15-24(28)19-6-2-17(13-31)3-7-19/h2-3,6-7,10-12,18,20,24H,4-5,8-9,14-16,32H2,1H3/t18?,20?,24-,28+/m0/s1. The van der Waals surface area contributed by atoms with E-state index in [0.29, 0.717) is 28.1 Å². The van der Waals surface area contributed by atoms with Crippen molar-refractivity contribution in [3.63, 3.8) is 0 Å². The largest absolute Gasteiger partial charge is 0.339 e. The topological polar surface area (TPSA) is 111 Å². The van der Waals surface area contributed by atoms with Crippen molar-refractivity contribution in [3.8, 4) is 6.07 Å². The number of amides is 4. The van der Waals surface area contributed by atoms with E-state index in [2.05, 4.69) is 6.07 Å². The van der Waals surface area contributed by atoms with E-state index >= 15 is 0 Å². The maximum absolute atomic E-state index is 14.3. The number of hydrogen-bond acceptors (Lipinski definition) is 5. The zero-order chi connectivity index (χ0) is 27.2. The normalized spacial score (nSPS) is 27.3. The third kappa shape index (κ3) is 4.33. The van der Waals surface area contributed by atoms with Gasteiger partial charge in [0.15, 0.2) is 0 Å². The Kier molecular flexibility index (Phi) is 7.12. The average Bonchev–Trinajstić information content (AvgIpc) is 3.41. The van der Waals surface area contributed by atoms with Gasteiger partial charge in [-0.2, -0.15) is 5.26 Å². The number of likely N-dealkylation sites (N-methyl/N-ethyl adjacent to an activating group) is 1. The Morgan fingerprint density at radius 3 is 2.29 bits per heavy atom. The molecule has 2 aromatic rings. The molecule has 3 aliphatic rings. The molecule has 0 unspecified atom stereocenters. The van der Waals surface area contributed by atoms with Crippen LogP contribution >= 0.6 is 23.2 Å². The number of halogens is 2. The number of benzene rings is 2. The van der Waals surface area contributed by atoms with Gasteiger partial charge in [0.05, 0.1) is 23.9 Å². The van der Waals surface area contributed by atoms with Crippen molar-refractivity contribution in [1.82, 2.24) is 9.80 Å². The van der Waals surface area contributed by atoms with Gasteiger partial charge in [-0.1, -0.05) is 35.3 Å². The summed E-state index contributed by atoms with van der Waals surface area (Å²) in [7, 11) is 1.60. The lowest BCUT2D eigenvalue weighted by Gasteiger charge is -2.34. The maximum atomic E-state index is 14.3. The number of carbonyl (C=O) groups excluding carboxylic acids is 3. The molecule has 2 atom stereocenters. The lowest BCUT2D eigenvalue weighted by atomic mass is 9.80. The van der Waals surface area contributed by atoms with Crippen LogP contribution in [0, 0.1) is 23.2 Å². The van der Waals surface area contributed by atoms with Gasteiger partial charge in [-0.05, 0) is 74.0 Å². The van der Waals surface area contributed by atoms with Crippen LogP contribution in [-0.4, -0.2) is 59.9 Å². The molecular formula is C28H29Cl2N5O3. The first-order chi connectivity index (χ1) is 18.2. The van der Waals surface area contributed by atoms with E-state index in [-0.39, 0.29) is 30.6 Å². The molecule has 2 aromatic carbocycles. The molecular weight excluding hydrogens is 525 g/mol. The minimum absolute atomic E-state index is 0.00823. The number of imide groups is 1. The molecule has 5 rings (SSSR count). The molecule has 1 saturated carbocycles. The summed E-state index contributed by atoms with van der Waals surface area (Å²) in [6, 6.07) is 13.2. The van der Waals surface area contributed by atoms with E-state index in [1.54, 1.807) is 36.2 Å². The molecule has 0 aromatic heterocycles. The highest BCUT2D eigenvalue weighted by Gasteiger charge is 2.65. The third-order valence-electron chi connectivity index (χ3n) is 8.45. The van der Waals surface area contributed by atoms with Crippen LogP contribution in [0.15, 0.2) is 42.5 Å². The zero-order valence-electron chi connectivity index (χ0n) is 21.1. The van der Waals surface area contributed by atoms with Crippen molar-refractivity contribution in [2.45, 2.75) is 37.1 Å². The number of urea groups is 1. The molecule has 3 fully saturated rings. The van der Waals surface area contributed by atoms with Gasteiger partial charge in [-0.3, -0.25) is 9.59 Å². The fourth-order valence-electron chi connectivity index (χ4n) is 6.28. The molecule has 10 heteroatoms. The highest BCUT2D eigenvalue weighted by Crippen LogP contribution is 2.47. The molecule has 2 saturated heterocycles. The molecule has 198 valence electrons. The van der Waals surface area contributed by atoms with Gasteiger partial charge in [0.25, 0.3) is 5.91 Å². The van der Waals surface area contributed by atoms with Gasteiger partial charge in [0.2, 0.25) is 5.91 Å². The summed E-state index contributed by atoms with van der Waals surface area (Å²) in [6.07, 6.45) is 3.35. The summed E-state index contributed by atoms with van der Waals surface area (Å²) in [5.74, 6) is -0.599. The predicted molar refractivity (Wildman–Crippen MR) is 145 cm³/mol. The maximum Gasteiger partial charge on any atom is 0.332 e. The van der Waals surface area contributed by atoms with Gasteiger partial charge in [0, 0.05) is 35.5 Å². The Labute approximate surface area is 231 Å². The summed E-state index contributed by atoms with van der Waals surface area (Å²) in [5.41, 5.74) is 6.08. The summed E-state index contributed by atoms with van der Waals surface area (Å²) >= 11 is 12.4. The van der Waals surface area contributed by atoms with Crippen molar-refractivity contribution in [2.75, 3.05) is 31.6 Å². The fraction of sp³-hybridized carbons (Fsp3) is 0.429. The Morgan fingerprint density at radius 1 is 1.08 bits per heavy atom. The van der Waals surface area contributed by atoms with Crippen LogP contribution in [0.4, 0.5) is 10.5 Å². The molecule has 8 nitrogen and oxygen atoms in total. The third-order valence-corrected chi connectivity index (χ3v) is 8.89. The quantitative estimate of drug-likeness (QED) is 0.564. The number of anilines is 1. The van der Waals surface area contributed by atoms with E-state index in [0.717, 1.165) is 36.1 Å². The van der Waals surface area contributed by atoms with E-state index in [4.69, 9.17) is 28.9 Å². The monoisotopic (exact) mass is 553 g/mol. The Hall–Kier alpha value is -3.12. The van der Waals surface area contributed by atoms with Crippen LogP contribution < -0.4 is 10.6 Å². The second-order valence-corrected chi connectivity index (χ2v) is 11.4. The first kappa shape index (κ1) is 26.5. The van der Waals surface area contributed by atoms with Crippen molar-refractivity contribution >= 4 is 46.7 Å². The first-order valence-electron chi connectivity index (χ1n) is 12.8. The van der Waals surface area contributed by atoms with Gasteiger partial charge >= 0.3 is 6.03 Å². The van der Waals surface area contributed by atoms with Crippen LogP contribution in [0.2, 0.25) is 10.0 Å². The molecule has 2 N–H and O–H groups in total. The summed E-state index contributed by atoms with van der Waals surface area (Å²) in [6.45, 7) is 0.994. The van der Waals surface area contributed by atoms with E-state index in [1.165, 1.54) is 23.1 Å². The first-order valence-corrected chi connectivity index (χ1v) is 13.5. The SMILES string of the molecule is CN1C(=O)N(c2cc(Cl)cc(Cl)c2)C(=O)[C@]12CN(C(=O)C1CCC(CN)CC1)C[C@H]2c1ccc(C#N)cc1. The second kappa shape index (κ2) is 10.2. The summed E-state index contributed by atoms with van der Waals surface area (Å²) in [4.78, 5) is 45.9. The van der Waals surface area contributed by atoms with E-state index in [9.17, 15) is 19.6 Å². The Bertz CT molecular complexity index is 1300. The number of rotatable bonds is 4.